The lowest BCUT2D eigenvalue weighted by atomic mass is 9.82. The molecule has 194 valence electrons. The van der Waals surface area contributed by atoms with Gasteiger partial charge in [-0.15, -0.1) is 0 Å². The van der Waals surface area contributed by atoms with Gasteiger partial charge in [0.05, 0.1) is 5.75 Å². The van der Waals surface area contributed by atoms with Gasteiger partial charge in [0, 0.05) is 37.2 Å². The Labute approximate surface area is 223 Å². The largest absolute Gasteiger partial charge is 0.487 e. The molecule has 1 amide bonds. The zero-order valence-corrected chi connectivity index (χ0v) is 22.4. The van der Waals surface area contributed by atoms with E-state index in [1.807, 2.05) is 48.5 Å². The highest BCUT2D eigenvalue weighted by molar-refractivity contribution is 7.89. The van der Waals surface area contributed by atoms with Crippen LogP contribution in [0, 0.1) is 0 Å². The number of piperidine rings is 1. The van der Waals surface area contributed by atoms with E-state index in [4.69, 9.17) is 21.1 Å². The van der Waals surface area contributed by atoms with E-state index in [1.54, 1.807) is 17.0 Å². The van der Waals surface area contributed by atoms with Gasteiger partial charge >= 0.3 is 6.09 Å². The van der Waals surface area contributed by atoms with Crippen molar-refractivity contribution < 1.29 is 22.7 Å². The SMILES string of the molecule is CS(=O)(=O)Cc1ccc(-c2ccc3c(c2)CCC2(CCN(C(=O)OCc4ccc(Cl)cc4)CC2)O3)cc1. The highest BCUT2D eigenvalue weighted by Crippen LogP contribution is 2.41. The van der Waals surface area contributed by atoms with E-state index in [9.17, 15) is 13.2 Å². The van der Waals surface area contributed by atoms with Gasteiger partial charge in [0.15, 0.2) is 9.84 Å². The van der Waals surface area contributed by atoms with E-state index < -0.39 is 9.84 Å². The second-order valence-electron chi connectivity index (χ2n) is 10.0. The molecule has 37 heavy (non-hydrogen) atoms. The monoisotopic (exact) mass is 539 g/mol. The summed E-state index contributed by atoms with van der Waals surface area (Å²) in [4.78, 5) is 14.3. The van der Waals surface area contributed by atoms with Gasteiger partial charge in [-0.25, -0.2) is 13.2 Å². The maximum atomic E-state index is 12.6. The van der Waals surface area contributed by atoms with Crippen LogP contribution in [0.4, 0.5) is 4.79 Å². The van der Waals surface area contributed by atoms with Gasteiger partial charge < -0.3 is 14.4 Å². The smallest absolute Gasteiger partial charge is 0.410 e. The number of amides is 1. The molecule has 2 aliphatic rings. The summed E-state index contributed by atoms with van der Waals surface area (Å²) in [6.45, 7) is 1.43. The van der Waals surface area contributed by atoms with Crippen molar-refractivity contribution in [1.82, 2.24) is 4.90 Å². The van der Waals surface area contributed by atoms with Crippen LogP contribution >= 0.6 is 11.6 Å². The summed E-state index contributed by atoms with van der Waals surface area (Å²) in [5.41, 5.74) is 4.74. The average molecular weight is 540 g/mol. The number of carbonyl (C=O) groups excluding carboxylic acids is 1. The lowest BCUT2D eigenvalue weighted by Gasteiger charge is -2.44. The molecule has 5 rings (SSSR count). The number of fused-ring (bicyclic) bond motifs is 1. The number of ether oxygens (including phenoxy) is 2. The molecule has 1 spiro atoms. The number of halogens is 1. The molecular formula is C29H30ClNO5S. The Morgan fingerprint density at radius 3 is 2.27 bits per heavy atom. The highest BCUT2D eigenvalue weighted by atomic mass is 35.5. The Bertz CT molecular complexity index is 1380. The van der Waals surface area contributed by atoms with Crippen molar-refractivity contribution in [2.45, 2.75) is 43.6 Å². The number of rotatable bonds is 5. The number of carbonyl (C=O) groups is 1. The number of likely N-dealkylation sites (tertiary alicyclic amines) is 1. The molecule has 0 aliphatic carbocycles. The molecule has 0 aromatic heterocycles. The minimum absolute atomic E-state index is 0.0465. The van der Waals surface area contributed by atoms with E-state index in [2.05, 4.69) is 6.07 Å². The summed E-state index contributed by atoms with van der Waals surface area (Å²) < 4.78 is 35.1. The van der Waals surface area contributed by atoms with Crippen molar-refractivity contribution in [3.8, 4) is 16.9 Å². The molecule has 0 saturated carbocycles. The molecule has 1 fully saturated rings. The molecular weight excluding hydrogens is 510 g/mol. The number of benzene rings is 3. The molecule has 0 bridgehead atoms. The first kappa shape index (κ1) is 25.6. The van der Waals surface area contributed by atoms with Crippen molar-refractivity contribution in [1.29, 1.82) is 0 Å². The van der Waals surface area contributed by atoms with E-state index >= 15 is 0 Å². The van der Waals surface area contributed by atoms with E-state index in [1.165, 1.54) is 11.8 Å². The van der Waals surface area contributed by atoms with Crippen LogP contribution in [0.1, 0.15) is 36.0 Å². The number of sulfone groups is 1. The van der Waals surface area contributed by atoms with Crippen LogP contribution in [0.2, 0.25) is 5.02 Å². The van der Waals surface area contributed by atoms with Crippen molar-refractivity contribution in [3.05, 3.63) is 88.4 Å². The van der Waals surface area contributed by atoms with Crippen molar-refractivity contribution in [3.63, 3.8) is 0 Å². The third-order valence-electron chi connectivity index (χ3n) is 7.16. The maximum absolute atomic E-state index is 12.6. The zero-order valence-electron chi connectivity index (χ0n) is 20.8. The summed E-state index contributed by atoms with van der Waals surface area (Å²) in [6, 6.07) is 21.2. The second kappa shape index (κ2) is 10.4. The van der Waals surface area contributed by atoms with Crippen LogP contribution in [0.5, 0.6) is 5.75 Å². The second-order valence-corrected chi connectivity index (χ2v) is 12.6. The molecule has 2 heterocycles. The Hall–Kier alpha value is -3.03. The van der Waals surface area contributed by atoms with Gasteiger partial charge in [0.1, 0.15) is 18.0 Å². The topological polar surface area (TPSA) is 72.9 Å². The summed E-state index contributed by atoms with van der Waals surface area (Å²) in [6.07, 6.45) is 4.31. The maximum Gasteiger partial charge on any atom is 0.410 e. The first-order valence-corrected chi connectivity index (χ1v) is 14.9. The standard InChI is InChI=1S/C29H30ClNO5S/c1-37(33,34)20-22-2-6-23(7-3-22)24-8-11-27-25(18-24)12-13-29(36-27)14-16-31(17-15-29)28(32)35-19-21-4-9-26(30)10-5-21/h2-11,18H,12-17,19-20H2,1H3. The van der Waals surface area contributed by atoms with Crippen LogP contribution in [0.3, 0.4) is 0 Å². The minimum atomic E-state index is -3.05. The summed E-state index contributed by atoms with van der Waals surface area (Å²) in [5.74, 6) is 0.952. The summed E-state index contributed by atoms with van der Waals surface area (Å²) in [7, 11) is -3.05. The van der Waals surface area contributed by atoms with Crippen LogP contribution < -0.4 is 4.74 Å². The Morgan fingerprint density at radius 2 is 1.59 bits per heavy atom. The lowest BCUT2D eigenvalue weighted by Crippen LogP contribution is -2.51. The molecule has 8 heteroatoms. The Balaban J connectivity index is 1.17. The zero-order chi connectivity index (χ0) is 26.0. The van der Waals surface area contributed by atoms with Crippen LogP contribution in [0.25, 0.3) is 11.1 Å². The summed E-state index contributed by atoms with van der Waals surface area (Å²) >= 11 is 5.91. The quantitative estimate of drug-likeness (QED) is 0.395. The van der Waals surface area contributed by atoms with Gasteiger partial charge in [0.2, 0.25) is 0 Å². The fourth-order valence-corrected chi connectivity index (χ4v) is 5.99. The first-order chi connectivity index (χ1) is 17.7. The molecule has 1 saturated heterocycles. The third kappa shape index (κ3) is 6.28. The van der Waals surface area contributed by atoms with Gasteiger partial charge in [-0.3, -0.25) is 0 Å². The fourth-order valence-electron chi connectivity index (χ4n) is 5.06. The Morgan fingerprint density at radius 1 is 0.946 bits per heavy atom. The van der Waals surface area contributed by atoms with Crippen molar-refractivity contribution in [2.24, 2.45) is 0 Å². The molecule has 0 N–H and O–H groups in total. The molecule has 2 aliphatic heterocycles. The highest BCUT2D eigenvalue weighted by Gasteiger charge is 2.40. The normalized spacial score (nSPS) is 16.6. The van der Waals surface area contributed by atoms with E-state index in [0.29, 0.717) is 18.1 Å². The molecule has 0 atom stereocenters. The number of hydrogen-bond donors (Lipinski definition) is 0. The molecule has 3 aromatic carbocycles. The molecule has 0 unspecified atom stereocenters. The number of hydrogen-bond acceptors (Lipinski definition) is 5. The lowest BCUT2D eigenvalue weighted by molar-refractivity contribution is -0.0150. The van der Waals surface area contributed by atoms with Crippen LogP contribution in [-0.2, 0) is 33.4 Å². The predicted octanol–water partition coefficient (Wildman–Crippen LogP) is 6.05. The van der Waals surface area contributed by atoms with Gasteiger partial charge in [-0.1, -0.05) is 54.1 Å². The van der Waals surface area contributed by atoms with E-state index in [-0.39, 0.29) is 24.1 Å². The van der Waals surface area contributed by atoms with Crippen molar-refractivity contribution in [2.75, 3.05) is 19.3 Å². The predicted molar refractivity (Wildman–Crippen MR) is 145 cm³/mol. The van der Waals surface area contributed by atoms with Crippen molar-refractivity contribution >= 4 is 27.5 Å². The van der Waals surface area contributed by atoms with E-state index in [0.717, 1.165) is 53.7 Å². The Kier molecular flexibility index (Phi) is 7.19. The molecule has 6 nitrogen and oxygen atoms in total. The third-order valence-corrected chi connectivity index (χ3v) is 8.27. The first-order valence-electron chi connectivity index (χ1n) is 12.4. The molecule has 0 radical (unpaired) electrons. The van der Waals surface area contributed by atoms with Gasteiger partial charge in [0.25, 0.3) is 0 Å². The summed E-state index contributed by atoms with van der Waals surface area (Å²) in [5, 5.41) is 0.655. The van der Waals surface area contributed by atoms with Crippen LogP contribution in [0.15, 0.2) is 66.7 Å². The fraction of sp³-hybridized carbons (Fsp3) is 0.345. The van der Waals surface area contributed by atoms with Gasteiger partial charge in [-0.05, 0) is 64.9 Å². The molecule has 3 aromatic rings. The number of nitrogens with zero attached hydrogens (tertiary/aromatic N) is 1. The van der Waals surface area contributed by atoms with Gasteiger partial charge in [-0.2, -0.15) is 0 Å². The van der Waals surface area contributed by atoms with Crippen LogP contribution in [-0.4, -0.2) is 44.4 Å². The minimum Gasteiger partial charge on any atom is -0.487 e. The number of aryl methyl sites for hydroxylation is 1. The average Bonchev–Trinajstić information content (AvgIpc) is 2.88.